The molecule has 8 heteroatoms. The van der Waals surface area contributed by atoms with E-state index in [1.165, 1.54) is 4.90 Å². The molecular weight excluding hydrogens is 294 g/mol. The van der Waals surface area contributed by atoms with Crippen LogP contribution in [-0.4, -0.2) is 52.2 Å². The Hall–Kier alpha value is -1.80. The second-order valence-electron chi connectivity index (χ2n) is 4.67. The van der Waals surface area contributed by atoms with Crippen LogP contribution in [0.15, 0.2) is 24.3 Å². The topological polar surface area (TPSA) is 102 Å². The van der Waals surface area contributed by atoms with Crippen molar-refractivity contribution in [2.75, 3.05) is 38.7 Å². The standard InChI is InChI=1S/C13H21N3O4S/c1-16(2)13(17)6-7-15-21(18,19)9-8-20-12-5-3-4-11(14)10-12/h3-5,10,15H,6-9,14H2,1-2H3. The molecule has 0 spiro atoms. The molecule has 0 aromatic heterocycles. The Morgan fingerprint density at radius 1 is 1.38 bits per heavy atom. The van der Waals surface area contributed by atoms with Gasteiger partial charge in [-0.1, -0.05) is 6.07 Å². The summed E-state index contributed by atoms with van der Waals surface area (Å²) in [4.78, 5) is 12.7. The summed E-state index contributed by atoms with van der Waals surface area (Å²) in [5.41, 5.74) is 6.14. The zero-order valence-electron chi connectivity index (χ0n) is 12.2. The second kappa shape index (κ2) is 7.84. The third kappa shape index (κ3) is 6.96. The minimum absolute atomic E-state index is 0.0143. The number of hydrogen-bond donors (Lipinski definition) is 2. The third-order valence-electron chi connectivity index (χ3n) is 2.64. The largest absolute Gasteiger partial charge is 0.492 e. The Bertz CT molecular complexity index is 573. The summed E-state index contributed by atoms with van der Waals surface area (Å²) in [7, 11) is -0.218. The molecule has 0 atom stereocenters. The van der Waals surface area contributed by atoms with E-state index in [4.69, 9.17) is 10.5 Å². The second-order valence-corrected chi connectivity index (χ2v) is 6.60. The van der Waals surface area contributed by atoms with E-state index in [1.54, 1.807) is 38.4 Å². The molecule has 118 valence electrons. The molecule has 0 radical (unpaired) electrons. The molecule has 1 rings (SSSR count). The van der Waals surface area contributed by atoms with E-state index in [1.807, 2.05) is 0 Å². The molecule has 0 unspecified atom stereocenters. The van der Waals surface area contributed by atoms with Crippen LogP contribution in [0.2, 0.25) is 0 Å². The molecule has 3 N–H and O–H groups in total. The molecule has 0 aliphatic rings. The van der Waals surface area contributed by atoms with Crippen molar-refractivity contribution < 1.29 is 17.9 Å². The van der Waals surface area contributed by atoms with Crippen LogP contribution in [0.5, 0.6) is 5.75 Å². The number of nitrogen functional groups attached to an aromatic ring is 1. The van der Waals surface area contributed by atoms with E-state index >= 15 is 0 Å². The molecule has 0 fully saturated rings. The average Bonchev–Trinajstić information content (AvgIpc) is 2.38. The Kier molecular flexibility index (Phi) is 6.44. The first-order chi connectivity index (χ1) is 9.80. The highest BCUT2D eigenvalue weighted by Crippen LogP contribution is 2.14. The van der Waals surface area contributed by atoms with E-state index in [0.29, 0.717) is 11.4 Å². The first kappa shape index (κ1) is 17.3. The predicted molar refractivity (Wildman–Crippen MR) is 81.4 cm³/mol. The van der Waals surface area contributed by atoms with Gasteiger partial charge in [0.2, 0.25) is 15.9 Å². The van der Waals surface area contributed by atoms with E-state index in [-0.39, 0.29) is 31.2 Å². The Balaban J connectivity index is 2.31. The van der Waals surface area contributed by atoms with Crippen LogP contribution in [0.4, 0.5) is 5.69 Å². The zero-order valence-corrected chi connectivity index (χ0v) is 13.0. The molecule has 7 nitrogen and oxygen atoms in total. The summed E-state index contributed by atoms with van der Waals surface area (Å²) >= 11 is 0. The van der Waals surface area contributed by atoms with Gasteiger partial charge in [0.25, 0.3) is 0 Å². The number of ether oxygens (including phenoxy) is 1. The van der Waals surface area contributed by atoms with E-state index in [9.17, 15) is 13.2 Å². The molecular formula is C13H21N3O4S. The maximum Gasteiger partial charge on any atom is 0.223 e. The summed E-state index contributed by atoms with van der Waals surface area (Å²) in [6.07, 6.45) is 0.127. The minimum atomic E-state index is -3.46. The number of nitrogens with one attached hydrogen (secondary N) is 1. The van der Waals surface area contributed by atoms with E-state index in [0.717, 1.165) is 0 Å². The fraction of sp³-hybridized carbons (Fsp3) is 0.462. The van der Waals surface area contributed by atoms with Gasteiger partial charge in [-0.25, -0.2) is 13.1 Å². The summed E-state index contributed by atoms with van der Waals surface area (Å²) in [5, 5.41) is 0. The SMILES string of the molecule is CN(C)C(=O)CCNS(=O)(=O)CCOc1cccc(N)c1. The molecule has 0 heterocycles. The maximum absolute atomic E-state index is 11.7. The van der Waals surface area contributed by atoms with Crippen molar-refractivity contribution in [3.05, 3.63) is 24.3 Å². The molecule has 0 aliphatic heterocycles. The lowest BCUT2D eigenvalue weighted by atomic mass is 10.3. The lowest BCUT2D eigenvalue weighted by molar-refractivity contribution is -0.128. The van der Waals surface area contributed by atoms with Crippen molar-refractivity contribution >= 4 is 21.6 Å². The van der Waals surface area contributed by atoms with Gasteiger partial charge < -0.3 is 15.4 Å². The number of rotatable bonds is 8. The van der Waals surface area contributed by atoms with Crippen molar-refractivity contribution in [2.45, 2.75) is 6.42 Å². The minimum Gasteiger partial charge on any atom is -0.492 e. The number of sulfonamides is 1. The fourth-order valence-electron chi connectivity index (χ4n) is 1.48. The van der Waals surface area contributed by atoms with Gasteiger partial charge in [0.1, 0.15) is 12.4 Å². The van der Waals surface area contributed by atoms with Crippen LogP contribution in [0.3, 0.4) is 0 Å². The van der Waals surface area contributed by atoms with Crippen LogP contribution in [0.1, 0.15) is 6.42 Å². The average molecular weight is 315 g/mol. The van der Waals surface area contributed by atoms with Crippen molar-refractivity contribution in [3.8, 4) is 5.75 Å². The number of nitrogens with zero attached hydrogens (tertiary/aromatic N) is 1. The summed E-state index contributed by atoms with van der Waals surface area (Å²) < 4.78 is 31.1. The van der Waals surface area contributed by atoms with Gasteiger partial charge in [-0.15, -0.1) is 0 Å². The van der Waals surface area contributed by atoms with Crippen LogP contribution >= 0.6 is 0 Å². The smallest absolute Gasteiger partial charge is 0.223 e. The predicted octanol–water partition coefficient (Wildman–Crippen LogP) is 0.0453. The van der Waals surface area contributed by atoms with Crippen LogP contribution in [0.25, 0.3) is 0 Å². The van der Waals surface area contributed by atoms with Gasteiger partial charge in [0.15, 0.2) is 0 Å². The van der Waals surface area contributed by atoms with Crippen LogP contribution < -0.4 is 15.2 Å². The number of hydrogen-bond acceptors (Lipinski definition) is 5. The monoisotopic (exact) mass is 315 g/mol. The highest BCUT2D eigenvalue weighted by atomic mass is 32.2. The third-order valence-corrected chi connectivity index (χ3v) is 3.99. The summed E-state index contributed by atoms with van der Waals surface area (Å²) in [6.45, 7) is 0.0953. The van der Waals surface area contributed by atoms with Crippen molar-refractivity contribution in [3.63, 3.8) is 0 Å². The summed E-state index contributed by atoms with van der Waals surface area (Å²) in [6, 6.07) is 6.76. The highest BCUT2D eigenvalue weighted by molar-refractivity contribution is 7.89. The Morgan fingerprint density at radius 2 is 2.10 bits per heavy atom. The molecule has 1 amide bonds. The van der Waals surface area contributed by atoms with Crippen molar-refractivity contribution in [2.24, 2.45) is 0 Å². The number of nitrogens with two attached hydrogens (primary N) is 1. The lowest BCUT2D eigenvalue weighted by Gasteiger charge is -2.11. The van der Waals surface area contributed by atoms with Crippen molar-refractivity contribution in [1.29, 1.82) is 0 Å². The van der Waals surface area contributed by atoms with Crippen LogP contribution in [-0.2, 0) is 14.8 Å². The fourth-order valence-corrected chi connectivity index (χ4v) is 2.34. The van der Waals surface area contributed by atoms with Crippen molar-refractivity contribution in [1.82, 2.24) is 9.62 Å². The molecule has 21 heavy (non-hydrogen) atoms. The summed E-state index contributed by atoms with van der Waals surface area (Å²) in [5.74, 6) is 0.208. The Morgan fingerprint density at radius 3 is 2.71 bits per heavy atom. The van der Waals surface area contributed by atoms with E-state index < -0.39 is 10.0 Å². The molecule has 0 saturated heterocycles. The normalized spacial score (nSPS) is 11.1. The number of carbonyl (C=O) groups is 1. The maximum atomic E-state index is 11.7. The van der Waals surface area contributed by atoms with Gasteiger partial charge in [-0.2, -0.15) is 0 Å². The number of benzene rings is 1. The number of anilines is 1. The quantitative estimate of drug-likeness (QED) is 0.660. The van der Waals surface area contributed by atoms with E-state index in [2.05, 4.69) is 4.72 Å². The first-order valence-corrected chi connectivity index (χ1v) is 8.11. The first-order valence-electron chi connectivity index (χ1n) is 6.46. The zero-order chi connectivity index (χ0) is 15.9. The molecule has 0 aliphatic carbocycles. The molecule has 0 saturated carbocycles. The lowest BCUT2D eigenvalue weighted by Crippen LogP contribution is -2.33. The number of amides is 1. The van der Waals surface area contributed by atoms with Gasteiger partial charge in [0.05, 0.1) is 5.75 Å². The van der Waals surface area contributed by atoms with Gasteiger partial charge >= 0.3 is 0 Å². The van der Waals surface area contributed by atoms with Crippen LogP contribution in [0, 0.1) is 0 Å². The molecule has 1 aromatic rings. The molecule has 0 bridgehead atoms. The van der Waals surface area contributed by atoms with Gasteiger partial charge in [-0.05, 0) is 12.1 Å². The van der Waals surface area contributed by atoms with Gasteiger partial charge in [-0.3, -0.25) is 4.79 Å². The van der Waals surface area contributed by atoms with Gasteiger partial charge in [0, 0.05) is 38.8 Å². The highest BCUT2D eigenvalue weighted by Gasteiger charge is 2.12. The molecule has 1 aromatic carbocycles. The Labute approximate surface area is 125 Å². The number of carbonyl (C=O) groups excluding carboxylic acids is 1.